The summed E-state index contributed by atoms with van der Waals surface area (Å²) in [4.78, 5) is 12.2. The summed E-state index contributed by atoms with van der Waals surface area (Å²) in [6, 6.07) is 15.2. The van der Waals surface area contributed by atoms with Gasteiger partial charge in [-0.05, 0) is 24.3 Å². The van der Waals surface area contributed by atoms with Crippen molar-refractivity contribution >= 4 is 5.91 Å². The molecule has 0 radical (unpaired) electrons. The van der Waals surface area contributed by atoms with E-state index in [0.29, 0.717) is 23.5 Å². The number of methoxy groups -OCH3 is 1. The number of carbonyl (C=O) groups excluding carboxylic acids is 1. The summed E-state index contributed by atoms with van der Waals surface area (Å²) in [5.41, 5.74) is 0.501. The third-order valence-electron chi connectivity index (χ3n) is 4.31. The van der Waals surface area contributed by atoms with E-state index in [1.807, 2.05) is 6.07 Å². The Morgan fingerprint density at radius 3 is 2.48 bits per heavy atom. The minimum absolute atomic E-state index is 0.293. The van der Waals surface area contributed by atoms with Gasteiger partial charge in [-0.2, -0.15) is 0 Å². The Morgan fingerprint density at radius 2 is 1.76 bits per heavy atom. The van der Waals surface area contributed by atoms with E-state index < -0.39 is 24.4 Å². The van der Waals surface area contributed by atoms with Crippen LogP contribution in [0.4, 0.5) is 0 Å². The van der Waals surface area contributed by atoms with Gasteiger partial charge in [-0.15, -0.1) is 0 Å². The van der Waals surface area contributed by atoms with Gasteiger partial charge in [0, 0.05) is 18.1 Å². The normalized spacial score (nSPS) is 25.4. The Bertz CT molecular complexity index is 721. The first-order chi connectivity index (χ1) is 12.1. The van der Waals surface area contributed by atoms with Crippen LogP contribution in [0.2, 0.25) is 0 Å². The standard InChI is InChI=1S/C19H21NO5/c1-24-13-8-5-9-14(10-13)25-16-11-15(17(21)18(16)22)20-19(23)12-6-3-2-4-7-12/h2-10,15-18,21-22H,11H2,1H3,(H,20,23)/t15-,16-,17+,18+/m1/s1. The molecule has 3 N–H and O–H groups in total. The van der Waals surface area contributed by atoms with Crippen molar-refractivity contribution in [3.8, 4) is 11.5 Å². The van der Waals surface area contributed by atoms with Gasteiger partial charge in [0.1, 0.15) is 29.8 Å². The molecular formula is C19H21NO5. The number of benzene rings is 2. The van der Waals surface area contributed by atoms with Gasteiger partial charge < -0.3 is 25.0 Å². The van der Waals surface area contributed by atoms with E-state index >= 15 is 0 Å². The van der Waals surface area contributed by atoms with E-state index in [2.05, 4.69) is 5.32 Å². The second-order valence-electron chi connectivity index (χ2n) is 6.00. The monoisotopic (exact) mass is 343 g/mol. The van der Waals surface area contributed by atoms with E-state index in [4.69, 9.17) is 9.47 Å². The maximum atomic E-state index is 12.2. The molecule has 132 valence electrons. The van der Waals surface area contributed by atoms with Crippen LogP contribution in [0.25, 0.3) is 0 Å². The van der Waals surface area contributed by atoms with Gasteiger partial charge in [0.15, 0.2) is 0 Å². The molecule has 0 heterocycles. The molecule has 25 heavy (non-hydrogen) atoms. The third kappa shape index (κ3) is 3.92. The Balaban J connectivity index is 1.65. The van der Waals surface area contributed by atoms with Crippen LogP contribution in [-0.4, -0.2) is 47.6 Å². The average molecular weight is 343 g/mol. The van der Waals surface area contributed by atoms with Crippen LogP contribution in [0.1, 0.15) is 16.8 Å². The lowest BCUT2D eigenvalue weighted by atomic mass is 10.1. The van der Waals surface area contributed by atoms with Gasteiger partial charge in [0.05, 0.1) is 13.2 Å². The number of amides is 1. The largest absolute Gasteiger partial charge is 0.497 e. The molecule has 6 heteroatoms. The fourth-order valence-electron chi connectivity index (χ4n) is 2.94. The molecule has 1 amide bonds. The van der Waals surface area contributed by atoms with Crippen LogP contribution in [0, 0.1) is 0 Å². The van der Waals surface area contributed by atoms with E-state index in [0.717, 1.165) is 0 Å². The number of ether oxygens (including phenoxy) is 2. The number of aliphatic hydroxyl groups is 2. The Kier molecular flexibility index (Phi) is 5.21. The maximum absolute atomic E-state index is 12.2. The SMILES string of the molecule is COc1cccc(O[C@@H]2C[C@@H](NC(=O)c3ccccc3)[C@H](O)[C@H]2O)c1. The molecule has 0 aliphatic heterocycles. The van der Waals surface area contributed by atoms with Crippen molar-refractivity contribution in [2.75, 3.05) is 7.11 Å². The predicted octanol–water partition coefficient (Wildman–Crippen LogP) is 1.37. The molecule has 1 aliphatic rings. The number of hydrogen-bond donors (Lipinski definition) is 3. The molecule has 1 saturated carbocycles. The topological polar surface area (TPSA) is 88.0 Å². The second kappa shape index (κ2) is 7.55. The number of nitrogens with one attached hydrogen (secondary N) is 1. The molecule has 0 aromatic heterocycles. The van der Waals surface area contributed by atoms with E-state index in [9.17, 15) is 15.0 Å². The number of hydrogen-bond acceptors (Lipinski definition) is 5. The lowest BCUT2D eigenvalue weighted by Gasteiger charge is -2.18. The first-order valence-electron chi connectivity index (χ1n) is 8.11. The molecule has 3 rings (SSSR count). The first-order valence-corrected chi connectivity index (χ1v) is 8.11. The minimum atomic E-state index is -1.09. The van der Waals surface area contributed by atoms with E-state index in [1.54, 1.807) is 55.6 Å². The molecule has 6 nitrogen and oxygen atoms in total. The smallest absolute Gasteiger partial charge is 0.251 e. The molecule has 0 unspecified atom stereocenters. The molecule has 1 fully saturated rings. The Labute approximate surface area is 146 Å². The zero-order valence-electron chi connectivity index (χ0n) is 13.8. The highest BCUT2D eigenvalue weighted by molar-refractivity contribution is 5.94. The Hall–Kier alpha value is -2.57. The zero-order valence-corrected chi connectivity index (χ0v) is 13.8. The average Bonchev–Trinajstić information content (AvgIpc) is 2.90. The highest BCUT2D eigenvalue weighted by Crippen LogP contribution is 2.28. The van der Waals surface area contributed by atoms with Crippen molar-refractivity contribution < 1.29 is 24.5 Å². The summed E-state index contributed by atoms with van der Waals surface area (Å²) in [6.45, 7) is 0. The van der Waals surface area contributed by atoms with Gasteiger partial charge in [0.2, 0.25) is 0 Å². The van der Waals surface area contributed by atoms with E-state index in [1.165, 1.54) is 0 Å². The molecule has 0 bridgehead atoms. The highest BCUT2D eigenvalue weighted by atomic mass is 16.5. The van der Waals surface area contributed by atoms with Crippen molar-refractivity contribution in [2.45, 2.75) is 30.8 Å². The second-order valence-corrected chi connectivity index (χ2v) is 6.00. The summed E-state index contributed by atoms with van der Waals surface area (Å²) in [7, 11) is 1.56. The van der Waals surface area contributed by atoms with Crippen LogP contribution < -0.4 is 14.8 Å². The van der Waals surface area contributed by atoms with Crippen LogP contribution >= 0.6 is 0 Å². The van der Waals surface area contributed by atoms with Crippen molar-refractivity contribution in [1.82, 2.24) is 5.32 Å². The molecule has 0 spiro atoms. The quantitative estimate of drug-likeness (QED) is 0.763. The van der Waals surface area contributed by atoms with Crippen LogP contribution in [0.15, 0.2) is 54.6 Å². The number of carbonyl (C=O) groups is 1. The van der Waals surface area contributed by atoms with Crippen molar-refractivity contribution in [3.63, 3.8) is 0 Å². The molecule has 1 aliphatic carbocycles. The number of aliphatic hydroxyl groups excluding tert-OH is 2. The fraction of sp³-hybridized carbons (Fsp3) is 0.316. The van der Waals surface area contributed by atoms with Crippen molar-refractivity contribution in [1.29, 1.82) is 0 Å². The summed E-state index contributed by atoms with van der Waals surface area (Å²) >= 11 is 0. The summed E-state index contributed by atoms with van der Waals surface area (Å²) in [6.07, 6.45) is -2.50. The van der Waals surface area contributed by atoms with Crippen molar-refractivity contribution in [3.05, 3.63) is 60.2 Å². The summed E-state index contributed by atoms with van der Waals surface area (Å²) in [5, 5.41) is 23.2. The van der Waals surface area contributed by atoms with Gasteiger partial charge >= 0.3 is 0 Å². The Morgan fingerprint density at radius 1 is 1.04 bits per heavy atom. The lowest BCUT2D eigenvalue weighted by Crippen LogP contribution is -2.43. The van der Waals surface area contributed by atoms with Crippen LogP contribution in [0.5, 0.6) is 11.5 Å². The molecular weight excluding hydrogens is 322 g/mol. The van der Waals surface area contributed by atoms with Gasteiger partial charge in [-0.3, -0.25) is 4.79 Å². The zero-order chi connectivity index (χ0) is 17.8. The summed E-state index contributed by atoms with van der Waals surface area (Å²) in [5.74, 6) is 0.879. The highest BCUT2D eigenvalue weighted by Gasteiger charge is 2.43. The van der Waals surface area contributed by atoms with Crippen LogP contribution in [0.3, 0.4) is 0 Å². The van der Waals surface area contributed by atoms with Gasteiger partial charge in [0.25, 0.3) is 5.91 Å². The summed E-state index contributed by atoms with van der Waals surface area (Å²) < 4.78 is 10.9. The van der Waals surface area contributed by atoms with Gasteiger partial charge in [-0.1, -0.05) is 24.3 Å². The van der Waals surface area contributed by atoms with Gasteiger partial charge in [-0.25, -0.2) is 0 Å². The number of rotatable bonds is 5. The van der Waals surface area contributed by atoms with Crippen molar-refractivity contribution in [2.24, 2.45) is 0 Å². The fourth-order valence-corrected chi connectivity index (χ4v) is 2.94. The first kappa shape index (κ1) is 17.3. The maximum Gasteiger partial charge on any atom is 0.251 e. The lowest BCUT2D eigenvalue weighted by molar-refractivity contribution is -0.0135. The predicted molar refractivity (Wildman–Crippen MR) is 91.7 cm³/mol. The third-order valence-corrected chi connectivity index (χ3v) is 4.31. The van der Waals surface area contributed by atoms with E-state index in [-0.39, 0.29) is 5.91 Å². The molecule has 4 atom stereocenters. The molecule has 2 aromatic carbocycles. The molecule has 0 saturated heterocycles. The minimum Gasteiger partial charge on any atom is -0.497 e. The van der Waals surface area contributed by atoms with Crippen LogP contribution in [-0.2, 0) is 0 Å². The molecule has 2 aromatic rings.